The quantitative estimate of drug-likeness (QED) is 0.415. The number of hydrogen-bond donors (Lipinski definition) is 0. The van der Waals surface area contributed by atoms with Gasteiger partial charge in [0.15, 0.2) is 0 Å². The van der Waals surface area contributed by atoms with Gasteiger partial charge in [-0.2, -0.15) is 0 Å². The first-order chi connectivity index (χ1) is 11.9. The van der Waals surface area contributed by atoms with E-state index in [2.05, 4.69) is 83.8 Å². The molecule has 2 atom stereocenters. The summed E-state index contributed by atoms with van der Waals surface area (Å²) >= 11 is 7.19. The van der Waals surface area contributed by atoms with Crippen LogP contribution in [0.25, 0.3) is 0 Å². The van der Waals surface area contributed by atoms with Gasteiger partial charge in [0.05, 0.1) is 21.2 Å². The van der Waals surface area contributed by atoms with Gasteiger partial charge in [0.1, 0.15) is 11.5 Å². The number of hydrogen-bond acceptors (Lipinski definition) is 2. The minimum Gasteiger partial charge on any atom is -0.489 e. The van der Waals surface area contributed by atoms with E-state index in [0.717, 1.165) is 39.7 Å². The highest BCUT2D eigenvalue weighted by Gasteiger charge is 2.14. The van der Waals surface area contributed by atoms with Crippen molar-refractivity contribution in [3.05, 3.63) is 56.5 Å². The fraction of sp³-hybridized carbons (Fsp3) is 0.429. The third-order valence-electron chi connectivity index (χ3n) is 4.13. The van der Waals surface area contributed by atoms with E-state index in [1.165, 1.54) is 11.1 Å². The lowest BCUT2D eigenvalue weighted by molar-refractivity contribution is 0.130. The van der Waals surface area contributed by atoms with Gasteiger partial charge in [0.25, 0.3) is 0 Å². The highest BCUT2D eigenvalue weighted by atomic mass is 79.9. The van der Waals surface area contributed by atoms with Crippen LogP contribution in [0.1, 0.15) is 45.2 Å². The van der Waals surface area contributed by atoms with Crippen molar-refractivity contribution in [2.75, 3.05) is 0 Å². The molecule has 2 rings (SSSR count). The standard InChI is InChI=1S/C21H26Br2O2/c1-5-16-7-9-20(18(22)12-16)24-14(3)11-15(4)25-21-10-8-17(6-2)13-19(21)23/h7-10,12-15H,5-6,11H2,1-4H3/t14-,15?/m0/s1. The third kappa shape index (κ3) is 6.03. The van der Waals surface area contributed by atoms with Gasteiger partial charge in [-0.3, -0.25) is 0 Å². The van der Waals surface area contributed by atoms with Gasteiger partial charge in [-0.1, -0.05) is 26.0 Å². The SMILES string of the molecule is CCc1ccc(OC(C)C[C@H](C)Oc2ccc(CC)cc2Br)c(Br)c1. The Labute approximate surface area is 168 Å². The van der Waals surface area contributed by atoms with Gasteiger partial charge in [-0.15, -0.1) is 0 Å². The second kappa shape index (κ2) is 9.63. The van der Waals surface area contributed by atoms with Crippen molar-refractivity contribution in [3.63, 3.8) is 0 Å². The van der Waals surface area contributed by atoms with Crippen LogP contribution in [-0.2, 0) is 12.8 Å². The summed E-state index contributed by atoms with van der Waals surface area (Å²) in [4.78, 5) is 0. The molecule has 0 aliphatic heterocycles. The van der Waals surface area contributed by atoms with E-state index in [0.29, 0.717) is 0 Å². The Balaban J connectivity index is 1.92. The van der Waals surface area contributed by atoms with Crippen LogP contribution in [0.2, 0.25) is 0 Å². The molecule has 0 bridgehead atoms. The van der Waals surface area contributed by atoms with Crippen molar-refractivity contribution < 1.29 is 9.47 Å². The molecule has 0 radical (unpaired) electrons. The molecule has 0 heterocycles. The van der Waals surface area contributed by atoms with Crippen LogP contribution in [-0.4, -0.2) is 12.2 Å². The van der Waals surface area contributed by atoms with Crippen molar-refractivity contribution >= 4 is 31.9 Å². The van der Waals surface area contributed by atoms with Crippen LogP contribution in [0.4, 0.5) is 0 Å². The normalized spacial score (nSPS) is 13.4. The molecule has 1 unspecified atom stereocenters. The Morgan fingerprint density at radius 1 is 0.760 bits per heavy atom. The smallest absolute Gasteiger partial charge is 0.133 e. The van der Waals surface area contributed by atoms with E-state index in [9.17, 15) is 0 Å². The lowest BCUT2D eigenvalue weighted by atomic mass is 10.1. The molecule has 2 aromatic rings. The monoisotopic (exact) mass is 468 g/mol. The zero-order valence-corrected chi connectivity index (χ0v) is 18.5. The lowest BCUT2D eigenvalue weighted by Gasteiger charge is -2.21. The second-order valence-corrected chi connectivity index (χ2v) is 8.04. The van der Waals surface area contributed by atoms with Crippen LogP contribution in [0.5, 0.6) is 11.5 Å². The number of ether oxygens (including phenoxy) is 2. The Hall–Kier alpha value is -1.000. The maximum Gasteiger partial charge on any atom is 0.133 e. The van der Waals surface area contributed by atoms with E-state index >= 15 is 0 Å². The topological polar surface area (TPSA) is 18.5 Å². The van der Waals surface area contributed by atoms with Gasteiger partial charge in [-0.25, -0.2) is 0 Å². The predicted molar refractivity (Wildman–Crippen MR) is 112 cm³/mol. The molecule has 0 N–H and O–H groups in total. The van der Waals surface area contributed by atoms with Crippen LogP contribution >= 0.6 is 31.9 Å². The minimum absolute atomic E-state index is 0.0625. The first-order valence-electron chi connectivity index (χ1n) is 8.83. The van der Waals surface area contributed by atoms with Crippen molar-refractivity contribution in [1.82, 2.24) is 0 Å². The maximum absolute atomic E-state index is 6.08. The number of rotatable bonds is 8. The predicted octanol–water partition coefficient (Wildman–Crippen LogP) is 6.96. The van der Waals surface area contributed by atoms with Gasteiger partial charge in [0, 0.05) is 6.42 Å². The fourth-order valence-corrected chi connectivity index (χ4v) is 3.76. The molecule has 0 fully saturated rings. The molecule has 0 saturated carbocycles. The summed E-state index contributed by atoms with van der Waals surface area (Å²) in [6.45, 7) is 8.45. The molecule has 2 nitrogen and oxygen atoms in total. The largest absolute Gasteiger partial charge is 0.489 e. The molecule has 136 valence electrons. The van der Waals surface area contributed by atoms with Crippen LogP contribution in [0.3, 0.4) is 0 Å². The van der Waals surface area contributed by atoms with Crippen molar-refractivity contribution in [2.45, 2.75) is 59.2 Å². The summed E-state index contributed by atoms with van der Waals surface area (Å²) in [5, 5.41) is 0. The molecule has 0 amide bonds. The summed E-state index contributed by atoms with van der Waals surface area (Å²) in [7, 11) is 0. The highest BCUT2D eigenvalue weighted by Crippen LogP contribution is 2.30. The van der Waals surface area contributed by atoms with Gasteiger partial charge >= 0.3 is 0 Å². The summed E-state index contributed by atoms with van der Waals surface area (Å²) in [6.07, 6.45) is 2.97. The van der Waals surface area contributed by atoms with Gasteiger partial charge in [0.2, 0.25) is 0 Å². The van der Waals surface area contributed by atoms with Crippen molar-refractivity contribution in [1.29, 1.82) is 0 Å². The summed E-state index contributed by atoms with van der Waals surface area (Å²) in [5.41, 5.74) is 2.59. The molecule has 2 aromatic carbocycles. The van der Waals surface area contributed by atoms with Crippen molar-refractivity contribution in [3.8, 4) is 11.5 Å². The van der Waals surface area contributed by atoms with Crippen LogP contribution in [0.15, 0.2) is 45.3 Å². The summed E-state index contributed by atoms with van der Waals surface area (Å²) in [6, 6.07) is 12.5. The first kappa shape index (κ1) is 20.3. The minimum atomic E-state index is 0.0625. The number of halogens is 2. The Bertz CT molecular complexity index is 641. The van der Waals surface area contributed by atoms with Crippen molar-refractivity contribution in [2.24, 2.45) is 0 Å². The molecule has 0 saturated heterocycles. The van der Waals surface area contributed by atoms with Crippen LogP contribution < -0.4 is 9.47 Å². The van der Waals surface area contributed by atoms with E-state index in [1.807, 2.05) is 12.1 Å². The molecule has 25 heavy (non-hydrogen) atoms. The molecule has 0 spiro atoms. The Kier molecular flexibility index (Phi) is 7.82. The van der Waals surface area contributed by atoms with E-state index in [-0.39, 0.29) is 12.2 Å². The molecule has 0 aromatic heterocycles. The lowest BCUT2D eigenvalue weighted by Crippen LogP contribution is -2.23. The third-order valence-corrected chi connectivity index (χ3v) is 5.37. The molecule has 0 aliphatic carbocycles. The number of benzene rings is 2. The summed E-state index contributed by atoms with van der Waals surface area (Å²) in [5.74, 6) is 1.76. The fourth-order valence-electron chi connectivity index (χ4n) is 2.72. The average molecular weight is 470 g/mol. The highest BCUT2D eigenvalue weighted by molar-refractivity contribution is 9.10. The first-order valence-corrected chi connectivity index (χ1v) is 10.4. The summed E-state index contributed by atoms with van der Waals surface area (Å²) < 4.78 is 14.2. The van der Waals surface area contributed by atoms with Crippen LogP contribution in [0, 0.1) is 0 Å². The molecule has 4 heteroatoms. The average Bonchev–Trinajstić information content (AvgIpc) is 2.58. The zero-order chi connectivity index (χ0) is 18.4. The maximum atomic E-state index is 6.08. The zero-order valence-electron chi connectivity index (χ0n) is 15.3. The Morgan fingerprint density at radius 3 is 1.48 bits per heavy atom. The molecular weight excluding hydrogens is 444 g/mol. The van der Waals surface area contributed by atoms with E-state index in [4.69, 9.17) is 9.47 Å². The molecular formula is C21H26Br2O2. The van der Waals surface area contributed by atoms with Gasteiger partial charge in [-0.05, 0) is 93.9 Å². The molecule has 0 aliphatic rings. The number of aryl methyl sites for hydroxylation is 2. The van der Waals surface area contributed by atoms with Gasteiger partial charge < -0.3 is 9.47 Å². The second-order valence-electron chi connectivity index (χ2n) is 6.33. The van der Waals surface area contributed by atoms with E-state index < -0.39 is 0 Å². The Morgan fingerprint density at radius 2 is 1.16 bits per heavy atom. The van der Waals surface area contributed by atoms with E-state index in [1.54, 1.807) is 0 Å².